The van der Waals surface area contributed by atoms with Gasteiger partial charge in [-0.25, -0.2) is 18.3 Å². The second-order valence-electron chi connectivity index (χ2n) is 6.86. The second kappa shape index (κ2) is 6.23. The Balaban J connectivity index is 1.91. The Labute approximate surface area is 143 Å². The van der Waals surface area contributed by atoms with Crippen LogP contribution in [0.4, 0.5) is 14.6 Å². The topological polar surface area (TPSA) is 59.3 Å². The summed E-state index contributed by atoms with van der Waals surface area (Å²) in [6, 6.07) is 4.79. The maximum Gasteiger partial charge on any atom is 0.230 e. The molecule has 0 spiro atoms. The molecule has 25 heavy (non-hydrogen) atoms. The Morgan fingerprint density at radius 2 is 1.88 bits per heavy atom. The first-order valence-electron chi connectivity index (χ1n) is 7.83. The fourth-order valence-corrected chi connectivity index (χ4v) is 2.74. The summed E-state index contributed by atoms with van der Waals surface area (Å²) in [5.74, 6) is -1.43. The Bertz CT molecular complexity index is 924. The van der Waals surface area contributed by atoms with E-state index in [9.17, 15) is 13.6 Å². The zero-order valence-corrected chi connectivity index (χ0v) is 14.2. The van der Waals surface area contributed by atoms with Gasteiger partial charge in [0, 0.05) is 24.0 Å². The molecule has 3 rings (SSSR count). The van der Waals surface area contributed by atoms with E-state index in [1.807, 2.05) is 20.8 Å². The van der Waals surface area contributed by atoms with Crippen LogP contribution in [0.1, 0.15) is 31.9 Å². The smallest absolute Gasteiger partial charge is 0.230 e. The first-order chi connectivity index (χ1) is 11.7. The third kappa shape index (κ3) is 3.65. The molecular weight excluding hydrogens is 326 g/mol. The van der Waals surface area contributed by atoms with Crippen molar-refractivity contribution in [2.45, 2.75) is 32.6 Å². The molecule has 0 radical (unpaired) electrons. The highest BCUT2D eigenvalue weighted by Crippen LogP contribution is 2.32. The molecule has 0 aliphatic rings. The molecule has 0 bridgehead atoms. The van der Waals surface area contributed by atoms with Gasteiger partial charge in [0.1, 0.15) is 11.6 Å². The van der Waals surface area contributed by atoms with Crippen molar-refractivity contribution in [3.05, 3.63) is 59.4 Å². The largest absolute Gasteiger partial charge is 0.309 e. The molecule has 5 nitrogen and oxygen atoms in total. The lowest BCUT2D eigenvalue weighted by Crippen LogP contribution is -2.19. The lowest BCUT2D eigenvalue weighted by atomic mass is 9.88. The third-order valence-electron chi connectivity index (χ3n) is 3.69. The average molecular weight is 344 g/mol. The molecule has 130 valence electrons. The molecule has 2 heterocycles. The predicted molar refractivity (Wildman–Crippen MR) is 90.4 cm³/mol. The highest BCUT2D eigenvalue weighted by atomic mass is 19.1. The number of benzene rings is 1. The predicted octanol–water partition coefficient (Wildman–Crippen LogP) is 3.49. The molecule has 3 aromatic rings. The van der Waals surface area contributed by atoms with Crippen LogP contribution in [0.5, 0.6) is 0 Å². The molecule has 1 amide bonds. The van der Waals surface area contributed by atoms with Crippen molar-refractivity contribution in [1.82, 2.24) is 14.6 Å². The van der Waals surface area contributed by atoms with E-state index in [1.165, 1.54) is 0 Å². The van der Waals surface area contributed by atoms with Crippen molar-refractivity contribution < 1.29 is 13.6 Å². The van der Waals surface area contributed by atoms with E-state index in [0.29, 0.717) is 11.5 Å². The lowest BCUT2D eigenvalue weighted by molar-refractivity contribution is -0.115. The van der Waals surface area contributed by atoms with E-state index >= 15 is 0 Å². The number of nitrogens with zero attached hydrogens (tertiary/aromatic N) is 3. The molecular formula is C18H18F2N4O. The quantitative estimate of drug-likeness (QED) is 0.791. The number of fused-ring (bicyclic) bond motifs is 1. The summed E-state index contributed by atoms with van der Waals surface area (Å²) >= 11 is 0. The van der Waals surface area contributed by atoms with Gasteiger partial charge in [0.2, 0.25) is 5.91 Å². The number of nitrogens with one attached hydrogen (secondary N) is 1. The summed E-state index contributed by atoms with van der Waals surface area (Å²) in [5, 5.41) is 7.11. The van der Waals surface area contributed by atoms with E-state index in [0.717, 1.165) is 23.8 Å². The number of anilines is 1. The van der Waals surface area contributed by atoms with Crippen molar-refractivity contribution in [3.63, 3.8) is 0 Å². The van der Waals surface area contributed by atoms with Gasteiger partial charge in [0.05, 0.1) is 6.42 Å². The zero-order valence-electron chi connectivity index (χ0n) is 14.2. The molecule has 0 fully saturated rings. The molecule has 1 aromatic carbocycles. The number of halogens is 2. The molecule has 0 aliphatic carbocycles. The van der Waals surface area contributed by atoms with Crippen LogP contribution in [-0.2, 0) is 16.6 Å². The van der Waals surface area contributed by atoms with Gasteiger partial charge in [0.15, 0.2) is 11.5 Å². The third-order valence-corrected chi connectivity index (χ3v) is 3.69. The minimum absolute atomic E-state index is 0.153. The molecule has 0 saturated heterocycles. The first kappa shape index (κ1) is 17.0. The van der Waals surface area contributed by atoms with Gasteiger partial charge in [-0.05, 0) is 29.2 Å². The summed E-state index contributed by atoms with van der Waals surface area (Å²) in [5.41, 5.74) is 1.41. The molecule has 2 aromatic heterocycles. The van der Waals surface area contributed by atoms with Gasteiger partial charge in [-0.15, -0.1) is 5.10 Å². The van der Waals surface area contributed by atoms with E-state index in [2.05, 4.69) is 15.4 Å². The van der Waals surface area contributed by atoms with Crippen LogP contribution < -0.4 is 5.32 Å². The van der Waals surface area contributed by atoms with Gasteiger partial charge >= 0.3 is 0 Å². The van der Waals surface area contributed by atoms with Crippen LogP contribution >= 0.6 is 0 Å². The number of carbonyl (C=O) groups is 1. The molecule has 1 N–H and O–H groups in total. The summed E-state index contributed by atoms with van der Waals surface area (Å²) in [6.07, 6.45) is 3.25. The van der Waals surface area contributed by atoms with Crippen molar-refractivity contribution >= 4 is 17.4 Å². The van der Waals surface area contributed by atoms with E-state index in [1.54, 1.807) is 23.0 Å². The van der Waals surface area contributed by atoms with Crippen LogP contribution in [0, 0.1) is 11.6 Å². The fourth-order valence-electron chi connectivity index (χ4n) is 2.74. The molecule has 0 saturated carbocycles. The maximum absolute atomic E-state index is 13.3. The minimum Gasteiger partial charge on any atom is -0.309 e. The van der Waals surface area contributed by atoms with E-state index in [-0.39, 0.29) is 17.4 Å². The second-order valence-corrected chi connectivity index (χ2v) is 6.86. The summed E-state index contributed by atoms with van der Waals surface area (Å²) in [7, 11) is 0. The van der Waals surface area contributed by atoms with Gasteiger partial charge in [-0.2, -0.15) is 0 Å². The molecule has 0 aliphatic heterocycles. The Hall–Kier alpha value is -2.83. The number of hydrogen-bond acceptors (Lipinski definition) is 3. The van der Waals surface area contributed by atoms with Crippen molar-refractivity contribution in [2.24, 2.45) is 0 Å². The Kier molecular flexibility index (Phi) is 4.24. The van der Waals surface area contributed by atoms with Crippen molar-refractivity contribution in [3.8, 4) is 0 Å². The summed E-state index contributed by atoms with van der Waals surface area (Å²) < 4.78 is 28.1. The number of aromatic nitrogens is 3. The van der Waals surface area contributed by atoms with Crippen LogP contribution in [-0.4, -0.2) is 20.5 Å². The Morgan fingerprint density at radius 1 is 1.20 bits per heavy atom. The van der Waals surface area contributed by atoms with Gasteiger partial charge in [0.25, 0.3) is 0 Å². The summed E-state index contributed by atoms with van der Waals surface area (Å²) in [6.45, 7) is 5.99. The average Bonchev–Trinajstić information content (AvgIpc) is 2.83. The van der Waals surface area contributed by atoms with E-state index in [4.69, 9.17) is 0 Å². The first-order valence-corrected chi connectivity index (χ1v) is 7.83. The van der Waals surface area contributed by atoms with Crippen LogP contribution in [0.15, 0.2) is 36.7 Å². The highest BCUT2D eigenvalue weighted by Gasteiger charge is 2.26. The monoisotopic (exact) mass is 344 g/mol. The van der Waals surface area contributed by atoms with Crippen LogP contribution in [0.25, 0.3) is 5.65 Å². The highest BCUT2D eigenvalue weighted by molar-refractivity contribution is 5.93. The number of amides is 1. The molecule has 0 atom stereocenters. The SMILES string of the molecule is CC(C)(C)c1c(NC(=O)Cc2cc(F)cc(F)c2)nn2cccnc12. The maximum atomic E-state index is 13.3. The van der Waals surface area contributed by atoms with Crippen molar-refractivity contribution in [1.29, 1.82) is 0 Å². The Morgan fingerprint density at radius 3 is 2.52 bits per heavy atom. The zero-order chi connectivity index (χ0) is 18.2. The van der Waals surface area contributed by atoms with Gasteiger partial charge < -0.3 is 5.32 Å². The van der Waals surface area contributed by atoms with Crippen LogP contribution in [0.3, 0.4) is 0 Å². The summed E-state index contributed by atoms with van der Waals surface area (Å²) in [4.78, 5) is 16.7. The van der Waals surface area contributed by atoms with Gasteiger partial charge in [-0.3, -0.25) is 4.79 Å². The lowest BCUT2D eigenvalue weighted by Gasteiger charge is -2.18. The number of rotatable bonds is 3. The standard InChI is InChI=1S/C18H18F2N4O/c1-18(2,3)15-16(23-24-6-4-5-21-17(15)24)22-14(25)9-11-7-12(19)10-13(20)8-11/h4-8,10H,9H2,1-3H3,(H,22,23,25). The molecule has 0 unspecified atom stereocenters. The molecule has 7 heteroatoms. The number of hydrogen-bond donors (Lipinski definition) is 1. The fraction of sp³-hybridized carbons (Fsp3) is 0.278. The van der Waals surface area contributed by atoms with Gasteiger partial charge in [-0.1, -0.05) is 20.8 Å². The van der Waals surface area contributed by atoms with Crippen LogP contribution in [0.2, 0.25) is 0 Å². The normalized spacial score (nSPS) is 11.7. The minimum atomic E-state index is -0.713. The van der Waals surface area contributed by atoms with E-state index < -0.39 is 17.5 Å². The number of carbonyl (C=O) groups excluding carboxylic acids is 1. The van der Waals surface area contributed by atoms with Crippen molar-refractivity contribution in [2.75, 3.05) is 5.32 Å².